The van der Waals surface area contributed by atoms with E-state index < -0.39 is 0 Å². The van der Waals surface area contributed by atoms with Crippen molar-refractivity contribution in [1.82, 2.24) is 15.8 Å². The van der Waals surface area contributed by atoms with Crippen LogP contribution in [0, 0.1) is 13.8 Å². The van der Waals surface area contributed by atoms with Crippen molar-refractivity contribution in [2.24, 2.45) is 0 Å². The van der Waals surface area contributed by atoms with Crippen LogP contribution in [0.4, 0.5) is 0 Å². The molecule has 1 aromatic rings. The normalized spacial score (nSPS) is 22.1. The summed E-state index contributed by atoms with van der Waals surface area (Å²) in [5.74, 6) is 0.929. The van der Waals surface area contributed by atoms with Crippen LogP contribution in [-0.4, -0.2) is 29.7 Å². The number of hydrogen-bond donors (Lipinski definition) is 2. The van der Waals surface area contributed by atoms with Gasteiger partial charge in [0.05, 0.1) is 5.69 Å². The van der Waals surface area contributed by atoms with Crippen molar-refractivity contribution in [2.45, 2.75) is 58.5 Å². The molecular weight excluding hydrogens is 278 g/mol. The quantitative estimate of drug-likeness (QED) is 0.891. The molecule has 2 atom stereocenters. The highest BCUT2D eigenvalue weighted by Gasteiger charge is 2.22. The number of nitrogens with zero attached hydrogens (tertiary/aromatic N) is 1. The first-order chi connectivity index (χ1) is 9.08. The number of hydrogen-bond acceptors (Lipinski definition) is 4. The highest BCUT2D eigenvalue weighted by molar-refractivity contribution is 5.85. The Hall–Kier alpha value is -1.07. The van der Waals surface area contributed by atoms with Crippen LogP contribution < -0.4 is 10.6 Å². The Morgan fingerprint density at radius 1 is 1.50 bits per heavy atom. The number of rotatable bonds is 4. The van der Waals surface area contributed by atoms with Gasteiger partial charge in [-0.05, 0) is 46.6 Å². The summed E-state index contributed by atoms with van der Waals surface area (Å²) in [6, 6.07) is 0.614. The zero-order chi connectivity index (χ0) is 13.8. The zero-order valence-corrected chi connectivity index (χ0v) is 13.2. The summed E-state index contributed by atoms with van der Waals surface area (Å²) in [5, 5.41) is 10.4. The Bertz CT molecular complexity index is 428. The third-order valence-electron chi connectivity index (χ3n) is 3.89. The van der Waals surface area contributed by atoms with Gasteiger partial charge < -0.3 is 15.2 Å². The number of carbonyl (C=O) groups excluding carboxylic acids is 1. The molecular formula is C14H24ClN3O2. The fraction of sp³-hybridized carbons (Fsp3) is 0.714. The first-order valence-corrected chi connectivity index (χ1v) is 7.02. The molecule has 1 fully saturated rings. The number of aryl methyl sites for hydroxylation is 2. The van der Waals surface area contributed by atoms with E-state index in [9.17, 15) is 4.79 Å². The minimum Gasteiger partial charge on any atom is -0.361 e. The molecule has 6 heteroatoms. The lowest BCUT2D eigenvalue weighted by Gasteiger charge is -2.30. The van der Waals surface area contributed by atoms with Crippen LogP contribution in [0.3, 0.4) is 0 Å². The maximum absolute atomic E-state index is 12.0. The van der Waals surface area contributed by atoms with E-state index in [1.165, 1.54) is 0 Å². The number of piperidine rings is 1. The van der Waals surface area contributed by atoms with Gasteiger partial charge in [0.25, 0.3) is 0 Å². The summed E-state index contributed by atoms with van der Waals surface area (Å²) in [7, 11) is 0. The summed E-state index contributed by atoms with van der Waals surface area (Å²) in [6.45, 7) is 6.97. The minimum atomic E-state index is 0. The average Bonchev–Trinajstić information content (AvgIpc) is 2.70. The molecule has 0 aliphatic carbocycles. The van der Waals surface area contributed by atoms with Crippen LogP contribution >= 0.6 is 12.4 Å². The van der Waals surface area contributed by atoms with Gasteiger partial charge in [-0.1, -0.05) is 5.16 Å². The van der Waals surface area contributed by atoms with Gasteiger partial charge in [-0.15, -0.1) is 12.4 Å². The number of halogens is 1. The topological polar surface area (TPSA) is 67.2 Å². The van der Waals surface area contributed by atoms with Crippen molar-refractivity contribution < 1.29 is 9.32 Å². The molecule has 20 heavy (non-hydrogen) atoms. The molecule has 0 aromatic carbocycles. The largest absolute Gasteiger partial charge is 0.361 e. The fourth-order valence-electron chi connectivity index (χ4n) is 2.62. The number of carbonyl (C=O) groups is 1. The predicted octanol–water partition coefficient (Wildman–Crippen LogP) is 1.90. The van der Waals surface area contributed by atoms with Crippen molar-refractivity contribution >= 4 is 18.3 Å². The van der Waals surface area contributed by atoms with Crippen LogP contribution in [0.2, 0.25) is 0 Å². The van der Waals surface area contributed by atoms with Crippen molar-refractivity contribution in [1.29, 1.82) is 0 Å². The molecule has 0 saturated carbocycles. The van der Waals surface area contributed by atoms with Crippen molar-refractivity contribution in [2.75, 3.05) is 6.54 Å². The number of nitrogens with one attached hydrogen (secondary N) is 2. The predicted molar refractivity (Wildman–Crippen MR) is 80.2 cm³/mol. The van der Waals surface area contributed by atoms with E-state index >= 15 is 0 Å². The Kier molecular flexibility index (Phi) is 6.49. The molecule has 114 valence electrons. The van der Waals surface area contributed by atoms with Crippen LogP contribution in [0.25, 0.3) is 0 Å². The molecule has 0 bridgehead atoms. The van der Waals surface area contributed by atoms with Gasteiger partial charge in [-0.2, -0.15) is 0 Å². The molecule has 1 amide bonds. The summed E-state index contributed by atoms with van der Waals surface area (Å²) in [6.07, 6.45) is 3.37. The lowest BCUT2D eigenvalue weighted by molar-refractivity contribution is -0.122. The molecule has 1 aliphatic heterocycles. The van der Waals surface area contributed by atoms with E-state index in [2.05, 4.69) is 22.7 Å². The summed E-state index contributed by atoms with van der Waals surface area (Å²) < 4.78 is 5.10. The highest BCUT2D eigenvalue weighted by Crippen LogP contribution is 2.14. The first-order valence-electron chi connectivity index (χ1n) is 7.02. The Balaban J connectivity index is 0.00000200. The van der Waals surface area contributed by atoms with E-state index in [-0.39, 0.29) is 24.4 Å². The average molecular weight is 302 g/mol. The lowest BCUT2D eigenvalue weighted by Crippen LogP contribution is -2.51. The maximum atomic E-state index is 12.0. The third kappa shape index (κ3) is 4.21. The van der Waals surface area contributed by atoms with Crippen LogP contribution in [0.1, 0.15) is 43.2 Å². The van der Waals surface area contributed by atoms with Gasteiger partial charge in [0.15, 0.2) is 0 Å². The highest BCUT2D eigenvalue weighted by atomic mass is 35.5. The standard InChI is InChI=1S/C14H23N3O2.ClH/c1-9-12(11(3)19-17-9)6-7-14(18)16-13-5-4-8-15-10(13)2;/h10,13,15H,4-8H2,1-3H3,(H,16,18);1H. The van der Waals surface area contributed by atoms with Crippen LogP contribution in [0.15, 0.2) is 4.52 Å². The molecule has 2 heterocycles. The smallest absolute Gasteiger partial charge is 0.220 e. The Morgan fingerprint density at radius 3 is 2.85 bits per heavy atom. The molecule has 2 N–H and O–H groups in total. The van der Waals surface area contributed by atoms with Crippen LogP contribution in [-0.2, 0) is 11.2 Å². The second-order valence-corrected chi connectivity index (χ2v) is 5.36. The zero-order valence-electron chi connectivity index (χ0n) is 12.4. The third-order valence-corrected chi connectivity index (χ3v) is 3.89. The molecule has 1 aliphatic rings. The number of aromatic nitrogens is 1. The van der Waals surface area contributed by atoms with E-state index in [4.69, 9.17) is 4.52 Å². The second-order valence-electron chi connectivity index (χ2n) is 5.36. The minimum absolute atomic E-state index is 0. The van der Waals surface area contributed by atoms with Gasteiger partial charge in [-0.3, -0.25) is 4.79 Å². The van der Waals surface area contributed by atoms with Crippen LogP contribution in [0.5, 0.6) is 0 Å². The van der Waals surface area contributed by atoms with Gasteiger partial charge >= 0.3 is 0 Å². The summed E-state index contributed by atoms with van der Waals surface area (Å²) in [5.41, 5.74) is 1.95. The lowest BCUT2D eigenvalue weighted by atomic mass is 9.99. The summed E-state index contributed by atoms with van der Waals surface area (Å²) in [4.78, 5) is 12.0. The number of amides is 1. The second kappa shape index (κ2) is 7.64. The molecule has 1 saturated heterocycles. The maximum Gasteiger partial charge on any atom is 0.220 e. The van der Waals surface area contributed by atoms with Crippen molar-refractivity contribution in [3.8, 4) is 0 Å². The SMILES string of the molecule is Cc1noc(C)c1CCC(=O)NC1CCCNC1C.Cl. The monoisotopic (exact) mass is 301 g/mol. The Labute approximate surface area is 126 Å². The molecule has 1 aromatic heterocycles. The van der Waals surface area contributed by atoms with Crippen molar-refractivity contribution in [3.05, 3.63) is 17.0 Å². The Morgan fingerprint density at radius 2 is 2.25 bits per heavy atom. The molecule has 2 rings (SSSR count). The first kappa shape index (κ1) is 17.0. The molecule has 5 nitrogen and oxygen atoms in total. The van der Waals surface area contributed by atoms with Crippen molar-refractivity contribution in [3.63, 3.8) is 0 Å². The molecule has 0 radical (unpaired) electrons. The molecule has 2 unspecified atom stereocenters. The van der Waals surface area contributed by atoms with Gasteiger partial charge in [0, 0.05) is 24.1 Å². The van der Waals surface area contributed by atoms with Gasteiger partial charge in [-0.25, -0.2) is 0 Å². The summed E-state index contributed by atoms with van der Waals surface area (Å²) >= 11 is 0. The van der Waals surface area contributed by atoms with E-state index in [1.807, 2.05) is 13.8 Å². The molecule has 0 spiro atoms. The van der Waals surface area contributed by atoms with E-state index in [0.717, 1.165) is 36.4 Å². The van der Waals surface area contributed by atoms with E-state index in [1.54, 1.807) is 0 Å². The van der Waals surface area contributed by atoms with Gasteiger partial charge in [0.2, 0.25) is 5.91 Å². The van der Waals surface area contributed by atoms with E-state index in [0.29, 0.717) is 18.9 Å². The van der Waals surface area contributed by atoms with Gasteiger partial charge in [0.1, 0.15) is 5.76 Å². The fourth-order valence-corrected chi connectivity index (χ4v) is 2.62.